The van der Waals surface area contributed by atoms with Crippen molar-refractivity contribution in [2.24, 2.45) is 0 Å². The van der Waals surface area contributed by atoms with Crippen molar-refractivity contribution in [3.05, 3.63) is 89.4 Å². The highest BCUT2D eigenvalue weighted by Gasteiger charge is 2.42. The molecule has 1 saturated heterocycles. The minimum Gasteiger partial charge on any atom is -0.459 e. The third kappa shape index (κ3) is 6.81. The highest BCUT2D eigenvalue weighted by Crippen LogP contribution is 2.43. The van der Waals surface area contributed by atoms with Crippen LogP contribution in [0.1, 0.15) is 51.3 Å². The van der Waals surface area contributed by atoms with E-state index < -0.39 is 30.1 Å². The van der Waals surface area contributed by atoms with E-state index in [1.54, 1.807) is 48.2 Å². The molecule has 0 radical (unpaired) electrons. The van der Waals surface area contributed by atoms with Crippen molar-refractivity contribution in [2.45, 2.75) is 38.2 Å². The van der Waals surface area contributed by atoms with Crippen LogP contribution in [0.3, 0.4) is 0 Å². The van der Waals surface area contributed by atoms with Gasteiger partial charge in [-0.3, -0.25) is 14.4 Å². The Bertz CT molecular complexity index is 1510. The molecule has 3 aromatic rings. The van der Waals surface area contributed by atoms with Gasteiger partial charge in [-0.2, -0.15) is 0 Å². The molecule has 8 nitrogen and oxygen atoms in total. The van der Waals surface area contributed by atoms with Crippen LogP contribution in [0.15, 0.2) is 71.4 Å². The standard InChI is InChI=1S/C32H34F2N4O4.ClH/c1-21-14-19-42-29(21)30(40)35-23-10-8-22(9-11-23)31(41)38-18-15-32(33,34)26(25-6-4-5-7-27(25)38)20-28(39)37-16-12-24(13-17-37)36(2)3;/h4-11,14,19-20,24H,12-13,15-18H2,1-3H3,(H,35,40);1H/b26-20-;. The first-order chi connectivity index (χ1) is 20.0. The molecule has 43 heavy (non-hydrogen) atoms. The maximum atomic E-state index is 15.6. The van der Waals surface area contributed by atoms with Crippen LogP contribution in [0.25, 0.3) is 5.57 Å². The lowest BCUT2D eigenvalue weighted by Crippen LogP contribution is -2.44. The second-order valence-electron chi connectivity index (χ2n) is 11.0. The monoisotopic (exact) mass is 612 g/mol. The average molecular weight is 613 g/mol. The number of halogens is 3. The molecule has 5 rings (SSSR count). The molecule has 2 aromatic carbocycles. The average Bonchev–Trinajstić information content (AvgIpc) is 3.38. The number of hydrogen-bond donors (Lipinski definition) is 1. The van der Waals surface area contributed by atoms with Gasteiger partial charge in [0.25, 0.3) is 17.7 Å². The first-order valence-corrected chi connectivity index (χ1v) is 14.0. The minimum absolute atomic E-state index is 0. The number of rotatable bonds is 5. The van der Waals surface area contributed by atoms with Gasteiger partial charge in [0.2, 0.25) is 5.91 Å². The molecule has 2 aliphatic heterocycles. The van der Waals surface area contributed by atoms with Gasteiger partial charge in [-0.25, -0.2) is 8.78 Å². The lowest BCUT2D eigenvalue weighted by atomic mass is 9.96. The fourth-order valence-electron chi connectivity index (χ4n) is 5.50. The van der Waals surface area contributed by atoms with Crippen molar-refractivity contribution >= 4 is 47.1 Å². The van der Waals surface area contributed by atoms with Crippen LogP contribution in [0.5, 0.6) is 0 Å². The number of amides is 3. The quantitative estimate of drug-likeness (QED) is 0.364. The molecule has 2 aliphatic rings. The molecular formula is C32H35ClF2N4O4. The van der Waals surface area contributed by atoms with E-state index in [0.29, 0.717) is 36.1 Å². The SMILES string of the molecule is Cc1ccoc1C(=O)Nc1ccc(C(=O)N2CCC(F)(F)/C(=C\C(=O)N3CCC(N(C)C)CC3)c3ccccc32)cc1.Cl. The zero-order valence-corrected chi connectivity index (χ0v) is 25.1. The molecule has 0 aliphatic carbocycles. The Morgan fingerprint density at radius 3 is 2.30 bits per heavy atom. The van der Waals surface area contributed by atoms with Gasteiger partial charge < -0.3 is 24.4 Å². The summed E-state index contributed by atoms with van der Waals surface area (Å²) < 4.78 is 36.5. The molecule has 228 valence electrons. The van der Waals surface area contributed by atoms with Gasteiger partial charge in [0, 0.05) is 66.1 Å². The number of allylic oxidation sites excluding steroid dienone is 1. The minimum atomic E-state index is -3.32. The van der Waals surface area contributed by atoms with E-state index in [-0.39, 0.29) is 41.4 Å². The zero-order chi connectivity index (χ0) is 30.0. The number of para-hydroxylation sites is 1. The van der Waals surface area contributed by atoms with Crippen molar-refractivity contribution in [3.63, 3.8) is 0 Å². The summed E-state index contributed by atoms with van der Waals surface area (Å²) in [6.07, 6.45) is 3.41. The van der Waals surface area contributed by atoms with Gasteiger partial charge in [0.1, 0.15) is 0 Å². The van der Waals surface area contributed by atoms with Gasteiger partial charge in [0.15, 0.2) is 5.76 Å². The Morgan fingerprint density at radius 1 is 1.00 bits per heavy atom. The van der Waals surface area contributed by atoms with Crippen molar-refractivity contribution in [1.82, 2.24) is 9.80 Å². The summed E-state index contributed by atoms with van der Waals surface area (Å²) in [6, 6.07) is 14.7. The van der Waals surface area contributed by atoms with Crippen LogP contribution < -0.4 is 10.2 Å². The predicted octanol–water partition coefficient (Wildman–Crippen LogP) is 5.88. The summed E-state index contributed by atoms with van der Waals surface area (Å²) >= 11 is 0. The number of carbonyl (C=O) groups is 3. The molecule has 0 unspecified atom stereocenters. The fraction of sp³-hybridized carbons (Fsp3) is 0.344. The number of likely N-dealkylation sites (tertiary alicyclic amines) is 1. The summed E-state index contributed by atoms with van der Waals surface area (Å²) in [4.78, 5) is 44.3. The second kappa shape index (κ2) is 13.1. The number of benzene rings is 2. The Kier molecular flexibility index (Phi) is 9.72. The van der Waals surface area contributed by atoms with E-state index in [9.17, 15) is 14.4 Å². The number of furan rings is 1. The summed E-state index contributed by atoms with van der Waals surface area (Å²) in [7, 11) is 3.99. The third-order valence-electron chi connectivity index (χ3n) is 8.01. The number of nitrogens with one attached hydrogen (secondary N) is 1. The van der Waals surface area contributed by atoms with Crippen LogP contribution in [-0.4, -0.2) is 73.2 Å². The van der Waals surface area contributed by atoms with Gasteiger partial charge in [0.05, 0.1) is 12.0 Å². The number of fused-ring (bicyclic) bond motifs is 1. The number of aryl methyl sites for hydroxylation is 1. The van der Waals surface area contributed by atoms with Crippen LogP contribution in [0, 0.1) is 6.92 Å². The molecule has 3 amide bonds. The Balaban J connectivity index is 0.00000423. The topological polar surface area (TPSA) is 86.1 Å². The number of nitrogens with zero attached hydrogens (tertiary/aromatic N) is 3. The smallest absolute Gasteiger partial charge is 0.291 e. The molecule has 1 fully saturated rings. The summed E-state index contributed by atoms with van der Waals surface area (Å²) in [6.45, 7) is 2.52. The van der Waals surface area contributed by atoms with Gasteiger partial charge in [-0.05, 0) is 70.3 Å². The van der Waals surface area contributed by atoms with Crippen molar-refractivity contribution in [3.8, 4) is 0 Å². The molecular weight excluding hydrogens is 578 g/mol. The maximum absolute atomic E-state index is 15.6. The highest BCUT2D eigenvalue weighted by molar-refractivity contribution is 6.09. The van der Waals surface area contributed by atoms with E-state index in [0.717, 1.165) is 18.9 Å². The number of piperidine rings is 1. The number of carbonyl (C=O) groups excluding carboxylic acids is 3. The normalized spacial score (nSPS) is 17.7. The summed E-state index contributed by atoms with van der Waals surface area (Å²) in [5.74, 6) is -4.45. The highest BCUT2D eigenvalue weighted by atomic mass is 35.5. The molecule has 0 spiro atoms. The first kappa shape index (κ1) is 31.9. The second-order valence-corrected chi connectivity index (χ2v) is 11.0. The number of anilines is 2. The molecule has 0 atom stereocenters. The Labute approximate surface area is 255 Å². The zero-order valence-electron chi connectivity index (χ0n) is 24.3. The van der Waals surface area contributed by atoms with Gasteiger partial charge in [-0.1, -0.05) is 18.2 Å². The fourth-order valence-corrected chi connectivity index (χ4v) is 5.50. The summed E-state index contributed by atoms with van der Waals surface area (Å²) in [5.41, 5.74) is 1.51. The van der Waals surface area contributed by atoms with Crippen LogP contribution in [0.4, 0.5) is 20.2 Å². The van der Waals surface area contributed by atoms with Gasteiger partial charge in [-0.15, -0.1) is 12.4 Å². The van der Waals surface area contributed by atoms with Crippen LogP contribution in [0.2, 0.25) is 0 Å². The molecule has 1 N–H and O–H groups in total. The summed E-state index contributed by atoms with van der Waals surface area (Å²) in [5, 5.41) is 2.72. The van der Waals surface area contributed by atoms with Crippen LogP contribution in [-0.2, 0) is 4.79 Å². The van der Waals surface area contributed by atoms with Crippen molar-refractivity contribution < 1.29 is 27.6 Å². The maximum Gasteiger partial charge on any atom is 0.291 e. The lowest BCUT2D eigenvalue weighted by Gasteiger charge is -2.35. The largest absolute Gasteiger partial charge is 0.459 e. The van der Waals surface area contributed by atoms with Gasteiger partial charge >= 0.3 is 0 Å². The van der Waals surface area contributed by atoms with Crippen molar-refractivity contribution in [1.29, 1.82) is 0 Å². The molecule has 1 aromatic heterocycles. The third-order valence-corrected chi connectivity index (χ3v) is 8.01. The molecule has 3 heterocycles. The lowest BCUT2D eigenvalue weighted by molar-refractivity contribution is -0.127. The van der Waals surface area contributed by atoms with Crippen LogP contribution >= 0.6 is 12.4 Å². The molecule has 11 heteroatoms. The first-order valence-electron chi connectivity index (χ1n) is 14.0. The number of hydrogen-bond acceptors (Lipinski definition) is 5. The molecule has 0 bridgehead atoms. The van der Waals surface area contributed by atoms with E-state index in [4.69, 9.17) is 4.42 Å². The van der Waals surface area contributed by atoms with E-state index in [1.807, 2.05) is 14.1 Å². The Morgan fingerprint density at radius 2 is 1.67 bits per heavy atom. The van der Waals surface area contributed by atoms with E-state index in [1.165, 1.54) is 29.4 Å². The Hall–Kier alpha value is -4.02. The predicted molar refractivity (Wildman–Crippen MR) is 164 cm³/mol. The van der Waals surface area contributed by atoms with Crippen molar-refractivity contribution in [2.75, 3.05) is 43.9 Å². The number of alkyl halides is 2. The van der Waals surface area contributed by atoms with E-state index >= 15 is 8.78 Å². The molecule has 0 saturated carbocycles. The van der Waals surface area contributed by atoms with E-state index in [2.05, 4.69) is 10.2 Å².